The average Bonchev–Trinajstić information content (AvgIpc) is 2.93. The van der Waals surface area contributed by atoms with Crippen LogP contribution in [0.25, 0.3) is 10.9 Å². The number of aryl methyl sites for hydroxylation is 1. The lowest BCUT2D eigenvalue weighted by molar-refractivity contribution is 0.142. The van der Waals surface area contributed by atoms with E-state index in [-0.39, 0.29) is 18.2 Å². The maximum absolute atomic E-state index is 13.4. The van der Waals surface area contributed by atoms with E-state index in [1.807, 2.05) is 49.4 Å². The third-order valence-corrected chi connectivity index (χ3v) is 7.09. The summed E-state index contributed by atoms with van der Waals surface area (Å²) < 4.78 is 41.6. The van der Waals surface area contributed by atoms with E-state index >= 15 is 0 Å². The maximum Gasteiger partial charge on any atom is 0.148 e. The number of oxime groups is 1. The van der Waals surface area contributed by atoms with Gasteiger partial charge in [-0.1, -0.05) is 23.4 Å². The Morgan fingerprint density at radius 2 is 1.90 bits per heavy atom. The van der Waals surface area contributed by atoms with Crippen LogP contribution < -0.4 is 15.4 Å². The molecule has 0 atom stereocenters. The zero-order valence-electron chi connectivity index (χ0n) is 23.1. The molecule has 0 radical (unpaired) electrons. The lowest BCUT2D eigenvalue weighted by Crippen LogP contribution is -2.23. The lowest BCUT2D eigenvalue weighted by Gasteiger charge is -2.13. The number of sulfone groups is 1. The number of hydrogen-bond donors (Lipinski definition) is 2. The van der Waals surface area contributed by atoms with Crippen molar-refractivity contribution in [2.75, 3.05) is 37.0 Å². The van der Waals surface area contributed by atoms with Crippen LogP contribution in [0, 0.1) is 12.7 Å². The van der Waals surface area contributed by atoms with Crippen molar-refractivity contribution in [3.8, 4) is 5.75 Å². The molecule has 3 aromatic carbocycles. The molecule has 41 heavy (non-hydrogen) atoms. The summed E-state index contributed by atoms with van der Waals surface area (Å²) in [4.78, 5) is 14.2. The Balaban J connectivity index is 1.30. The molecule has 0 saturated carbocycles. The summed E-state index contributed by atoms with van der Waals surface area (Å²) in [7, 11) is -2.93. The number of halogens is 1. The molecule has 0 saturated heterocycles. The standard InChI is InChI=1S/C30H34FN5O4S/c1-22-16-26(9-11-29(22)39-20-24-6-5-7-25(31)17-24)36-30-27-18-23(8-10-28(27)33-21-34-30)19-35-40-14-4-3-12-32-13-15-41(2,37)38/h5-11,16-19,21,32H,3-4,12-15,20H2,1-2H3,(H,33,34,36)/b35-19+. The molecule has 0 fully saturated rings. The largest absolute Gasteiger partial charge is 0.489 e. The molecule has 4 rings (SSSR count). The van der Waals surface area contributed by atoms with Gasteiger partial charge in [0.1, 0.15) is 46.8 Å². The first-order valence-electron chi connectivity index (χ1n) is 13.3. The molecule has 11 heteroatoms. The number of nitrogens with zero attached hydrogens (tertiary/aromatic N) is 3. The minimum Gasteiger partial charge on any atom is -0.489 e. The predicted octanol–water partition coefficient (Wildman–Crippen LogP) is 5.16. The van der Waals surface area contributed by atoms with Crippen LogP contribution in [0.15, 0.2) is 72.1 Å². The van der Waals surface area contributed by atoms with E-state index < -0.39 is 9.84 Å². The molecule has 0 bridgehead atoms. The molecule has 0 aliphatic heterocycles. The number of benzene rings is 3. The zero-order chi connectivity index (χ0) is 29.1. The molecule has 2 N–H and O–H groups in total. The van der Waals surface area contributed by atoms with E-state index in [4.69, 9.17) is 9.57 Å². The van der Waals surface area contributed by atoms with Gasteiger partial charge in [-0.05, 0) is 85.5 Å². The van der Waals surface area contributed by atoms with E-state index in [1.165, 1.54) is 24.7 Å². The van der Waals surface area contributed by atoms with Crippen molar-refractivity contribution in [2.45, 2.75) is 26.4 Å². The summed E-state index contributed by atoms with van der Waals surface area (Å²) in [6.45, 7) is 3.88. The van der Waals surface area contributed by atoms with Crippen molar-refractivity contribution in [1.29, 1.82) is 0 Å². The van der Waals surface area contributed by atoms with Gasteiger partial charge >= 0.3 is 0 Å². The van der Waals surface area contributed by atoms with Gasteiger partial charge in [0.15, 0.2) is 0 Å². The Labute approximate surface area is 239 Å². The summed E-state index contributed by atoms with van der Waals surface area (Å²) in [6.07, 6.45) is 6.06. The van der Waals surface area contributed by atoms with Gasteiger partial charge in [-0.2, -0.15) is 0 Å². The fraction of sp³-hybridized carbons (Fsp3) is 0.300. The molecule has 4 aromatic rings. The Morgan fingerprint density at radius 1 is 1.02 bits per heavy atom. The monoisotopic (exact) mass is 579 g/mol. The summed E-state index contributed by atoms with van der Waals surface area (Å²) in [6, 6.07) is 17.9. The van der Waals surface area contributed by atoms with Gasteiger partial charge in [0.25, 0.3) is 0 Å². The van der Waals surface area contributed by atoms with Crippen LogP contribution in [-0.4, -0.2) is 56.3 Å². The lowest BCUT2D eigenvalue weighted by atomic mass is 10.1. The molecule has 216 valence electrons. The van der Waals surface area contributed by atoms with Crippen LogP contribution in [0.2, 0.25) is 0 Å². The minimum absolute atomic E-state index is 0.141. The number of fused-ring (bicyclic) bond motifs is 1. The van der Waals surface area contributed by atoms with Gasteiger partial charge < -0.3 is 20.2 Å². The number of unbranched alkanes of at least 4 members (excludes halogenated alkanes) is 1. The van der Waals surface area contributed by atoms with Gasteiger partial charge in [0.05, 0.1) is 17.5 Å². The second kappa shape index (κ2) is 14.5. The number of anilines is 2. The number of ether oxygens (including phenoxy) is 1. The summed E-state index contributed by atoms with van der Waals surface area (Å²) in [5, 5.41) is 11.4. The van der Waals surface area contributed by atoms with E-state index in [9.17, 15) is 12.8 Å². The van der Waals surface area contributed by atoms with Crippen molar-refractivity contribution >= 4 is 38.5 Å². The van der Waals surface area contributed by atoms with E-state index in [2.05, 4.69) is 25.8 Å². The van der Waals surface area contributed by atoms with Gasteiger partial charge in [-0.3, -0.25) is 0 Å². The third-order valence-electron chi connectivity index (χ3n) is 6.15. The van der Waals surface area contributed by atoms with Crippen molar-refractivity contribution in [1.82, 2.24) is 15.3 Å². The first-order valence-corrected chi connectivity index (χ1v) is 15.4. The predicted molar refractivity (Wildman–Crippen MR) is 160 cm³/mol. The molecule has 0 aliphatic rings. The fourth-order valence-corrected chi connectivity index (χ4v) is 4.53. The summed E-state index contributed by atoms with van der Waals surface area (Å²) >= 11 is 0. The first-order chi connectivity index (χ1) is 19.8. The van der Waals surface area contributed by atoms with Crippen molar-refractivity contribution < 1.29 is 22.4 Å². The highest BCUT2D eigenvalue weighted by Gasteiger charge is 2.08. The van der Waals surface area contributed by atoms with E-state index in [0.717, 1.165) is 52.7 Å². The normalized spacial score (nSPS) is 11.7. The highest BCUT2D eigenvalue weighted by molar-refractivity contribution is 7.90. The quantitative estimate of drug-likeness (QED) is 0.113. The summed E-state index contributed by atoms with van der Waals surface area (Å²) in [5.41, 5.74) is 4.17. The number of nitrogens with one attached hydrogen (secondary N) is 2. The second-order valence-corrected chi connectivity index (χ2v) is 11.9. The van der Waals surface area contributed by atoms with Crippen LogP contribution in [-0.2, 0) is 21.3 Å². The van der Waals surface area contributed by atoms with Crippen LogP contribution in [0.3, 0.4) is 0 Å². The van der Waals surface area contributed by atoms with Gasteiger partial charge in [0.2, 0.25) is 0 Å². The van der Waals surface area contributed by atoms with Crippen LogP contribution in [0.4, 0.5) is 15.9 Å². The Morgan fingerprint density at radius 3 is 2.71 bits per heavy atom. The topological polar surface area (TPSA) is 115 Å². The second-order valence-electron chi connectivity index (χ2n) is 9.68. The van der Waals surface area contributed by atoms with Crippen molar-refractivity contribution in [3.63, 3.8) is 0 Å². The SMILES string of the molecule is Cc1cc(Nc2ncnc3ccc(/C=N/OCCCCNCCS(C)(=O)=O)cc23)ccc1OCc1cccc(F)c1. The van der Waals surface area contributed by atoms with Gasteiger partial charge in [-0.25, -0.2) is 22.8 Å². The smallest absolute Gasteiger partial charge is 0.148 e. The first kappa shape index (κ1) is 29.9. The molecule has 0 aliphatic carbocycles. The number of rotatable bonds is 15. The van der Waals surface area contributed by atoms with E-state index in [0.29, 0.717) is 24.7 Å². The molecule has 0 unspecified atom stereocenters. The van der Waals surface area contributed by atoms with Crippen molar-refractivity contribution in [3.05, 3.63) is 89.5 Å². The number of aromatic nitrogens is 2. The minimum atomic E-state index is -2.93. The molecular weight excluding hydrogens is 545 g/mol. The Bertz CT molecular complexity index is 1600. The molecule has 1 heterocycles. The maximum atomic E-state index is 13.4. The zero-order valence-corrected chi connectivity index (χ0v) is 24.0. The molecular formula is C30H34FN5O4S. The highest BCUT2D eigenvalue weighted by atomic mass is 32.2. The van der Waals surface area contributed by atoms with Crippen LogP contribution >= 0.6 is 0 Å². The van der Waals surface area contributed by atoms with Crippen LogP contribution in [0.5, 0.6) is 5.75 Å². The van der Waals surface area contributed by atoms with E-state index in [1.54, 1.807) is 12.3 Å². The Kier molecular flexibility index (Phi) is 10.6. The number of hydrogen-bond acceptors (Lipinski definition) is 9. The Hall–Kier alpha value is -4.09. The van der Waals surface area contributed by atoms with Crippen LogP contribution in [0.1, 0.15) is 29.5 Å². The van der Waals surface area contributed by atoms with Gasteiger partial charge in [-0.15, -0.1) is 0 Å². The van der Waals surface area contributed by atoms with Gasteiger partial charge in [0, 0.05) is 23.9 Å². The average molecular weight is 580 g/mol. The molecule has 0 amide bonds. The van der Waals surface area contributed by atoms with Crippen molar-refractivity contribution in [2.24, 2.45) is 5.16 Å². The molecule has 1 aromatic heterocycles. The fourth-order valence-electron chi connectivity index (χ4n) is 4.02. The summed E-state index contributed by atoms with van der Waals surface area (Å²) in [5.74, 6) is 1.23. The molecule has 0 spiro atoms. The molecule has 9 nitrogen and oxygen atoms in total. The highest BCUT2D eigenvalue weighted by Crippen LogP contribution is 2.28. The third kappa shape index (κ3) is 9.80.